The highest BCUT2D eigenvalue weighted by molar-refractivity contribution is 5.35. The molecule has 1 aliphatic rings. The van der Waals surface area contributed by atoms with Crippen LogP contribution in [-0.2, 0) is 0 Å². The molecule has 2 nitrogen and oxygen atoms in total. The van der Waals surface area contributed by atoms with Crippen molar-refractivity contribution in [3.05, 3.63) is 29.8 Å². The molecular formula is C16H25NO. The molecule has 0 bridgehead atoms. The second-order valence-corrected chi connectivity index (χ2v) is 5.30. The predicted octanol–water partition coefficient (Wildman–Crippen LogP) is 3.72. The van der Waals surface area contributed by atoms with Crippen molar-refractivity contribution in [3.63, 3.8) is 0 Å². The molecule has 2 heteroatoms. The Labute approximate surface area is 111 Å². The standard InChI is InChI=1S/C16H25NO/c1-3-13(2)15-9-4-5-10-16(15)18-12-14-8-6-7-11-17-14/h4-5,9-10,13-14,17H,3,6-8,11-12H2,1-2H3. The molecule has 2 atom stereocenters. The fourth-order valence-electron chi connectivity index (χ4n) is 2.50. The first-order valence-corrected chi connectivity index (χ1v) is 7.26. The van der Waals surface area contributed by atoms with Crippen LogP contribution in [0.3, 0.4) is 0 Å². The molecule has 18 heavy (non-hydrogen) atoms. The maximum atomic E-state index is 6.04. The molecule has 1 aromatic rings. The third-order valence-electron chi connectivity index (χ3n) is 3.91. The smallest absolute Gasteiger partial charge is 0.122 e. The molecule has 0 amide bonds. The lowest BCUT2D eigenvalue weighted by Crippen LogP contribution is -2.38. The molecule has 1 saturated heterocycles. The van der Waals surface area contributed by atoms with Crippen molar-refractivity contribution in [2.75, 3.05) is 13.2 Å². The molecule has 100 valence electrons. The summed E-state index contributed by atoms with van der Waals surface area (Å²) in [5, 5.41) is 3.53. The number of ether oxygens (including phenoxy) is 1. The van der Waals surface area contributed by atoms with Crippen LogP contribution in [0, 0.1) is 0 Å². The van der Waals surface area contributed by atoms with E-state index < -0.39 is 0 Å². The van der Waals surface area contributed by atoms with Crippen molar-refractivity contribution in [3.8, 4) is 5.75 Å². The van der Waals surface area contributed by atoms with Crippen LogP contribution in [0.4, 0.5) is 0 Å². The molecular weight excluding hydrogens is 222 g/mol. The second kappa shape index (κ2) is 6.79. The average molecular weight is 247 g/mol. The maximum Gasteiger partial charge on any atom is 0.122 e. The summed E-state index contributed by atoms with van der Waals surface area (Å²) in [6, 6.07) is 8.99. The Morgan fingerprint density at radius 3 is 2.89 bits per heavy atom. The number of hydrogen-bond acceptors (Lipinski definition) is 2. The lowest BCUT2D eigenvalue weighted by Gasteiger charge is -2.24. The van der Waals surface area contributed by atoms with Gasteiger partial charge in [-0.05, 0) is 43.4 Å². The summed E-state index contributed by atoms with van der Waals surface area (Å²) in [5.74, 6) is 1.64. The third kappa shape index (κ3) is 3.49. The lowest BCUT2D eigenvalue weighted by atomic mass is 9.98. The summed E-state index contributed by atoms with van der Waals surface area (Å²) in [6.07, 6.45) is 5.03. The minimum atomic E-state index is 0.531. The molecule has 1 aliphatic heterocycles. The minimum Gasteiger partial charge on any atom is -0.492 e. The quantitative estimate of drug-likeness (QED) is 0.856. The fraction of sp³-hybridized carbons (Fsp3) is 0.625. The van der Waals surface area contributed by atoms with Gasteiger partial charge in [0.15, 0.2) is 0 Å². The number of nitrogens with one attached hydrogen (secondary N) is 1. The third-order valence-corrected chi connectivity index (χ3v) is 3.91. The van der Waals surface area contributed by atoms with Crippen LogP contribution in [0.1, 0.15) is 51.0 Å². The molecule has 0 aliphatic carbocycles. The van der Waals surface area contributed by atoms with Gasteiger partial charge in [0.05, 0.1) is 0 Å². The normalized spacial score (nSPS) is 21.6. The molecule has 1 fully saturated rings. The summed E-state index contributed by atoms with van der Waals surface area (Å²) in [7, 11) is 0. The van der Waals surface area contributed by atoms with E-state index in [0.717, 1.165) is 25.3 Å². The van der Waals surface area contributed by atoms with Gasteiger partial charge in [-0.2, -0.15) is 0 Å². The van der Waals surface area contributed by atoms with Gasteiger partial charge in [-0.3, -0.25) is 0 Å². The van der Waals surface area contributed by atoms with Crippen molar-refractivity contribution < 1.29 is 4.74 Å². The van der Waals surface area contributed by atoms with E-state index in [1.165, 1.54) is 24.8 Å². The Balaban J connectivity index is 1.95. The van der Waals surface area contributed by atoms with E-state index in [9.17, 15) is 0 Å². The van der Waals surface area contributed by atoms with Crippen molar-refractivity contribution in [1.82, 2.24) is 5.32 Å². The lowest BCUT2D eigenvalue weighted by molar-refractivity contribution is 0.236. The molecule has 2 unspecified atom stereocenters. The van der Waals surface area contributed by atoms with Crippen molar-refractivity contribution in [2.24, 2.45) is 0 Å². The summed E-state index contributed by atoms with van der Waals surface area (Å²) < 4.78 is 6.04. The van der Waals surface area contributed by atoms with E-state index in [2.05, 4.69) is 43.4 Å². The van der Waals surface area contributed by atoms with Gasteiger partial charge in [-0.25, -0.2) is 0 Å². The van der Waals surface area contributed by atoms with Gasteiger partial charge in [-0.15, -0.1) is 0 Å². The van der Waals surface area contributed by atoms with Gasteiger partial charge in [0, 0.05) is 6.04 Å². The molecule has 2 rings (SSSR count). The van der Waals surface area contributed by atoms with Gasteiger partial charge in [0.1, 0.15) is 12.4 Å². The second-order valence-electron chi connectivity index (χ2n) is 5.30. The zero-order valence-corrected chi connectivity index (χ0v) is 11.6. The number of benzene rings is 1. The molecule has 0 radical (unpaired) electrons. The number of hydrogen-bond donors (Lipinski definition) is 1. The van der Waals surface area contributed by atoms with Crippen molar-refractivity contribution in [2.45, 2.75) is 51.5 Å². The van der Waals surface area contributed by atoms with Gasteiger partial charge in [-0.1, -0.05) is 38.5 Å². The number of piperidine rings is 1. The summed E-state index contributed by atoms with van der Waals surface area (Å²) in [4.78, 5) is 0. The predicted molar refractivity (Wildman–Crippen MR) is 76.3 cm³/mol. The molecule has 1 heterocycles. The van der Waals surface area contributed by atoms with Crippen LogP contribution in [0.15, 0.2) is 24.3 Å². The highest BCUT2D eigenvalue weighted by Crippen LogP contribution is 2.28. The van der Waals surface area contributed by atoms with E-state index in [1.807, 2.05) is 0 Å². The largest absolute Gasteiger partial charge is 0.492 e. The molecule has 0 aromatic heterocycles. The Morgan fingerprint density at radius 2 is 2.17 bits per heavy atom. The monoisotopic (exact) mass is 247 g/mol. The first-order chi connectivity index (χ1) is 8.81. The fourth-order valence-corrected chi connectivity index (χ4v) is 2.50. The SMILES string of the molecule is CCC(C)c1ccccc1OCC1CCCCN1. The highest BCUT2D eigenvalue weighted by Gasteiger charge is 2.15. The Bertz CT molecular complexity index is 358. The van der Waals surface area contributed by atoms with Crippen molar-refractivity contribution in [1.29, 1.82) is 0 Å². The summed E-state index contributed by atoms with van der Waals surface area (Å²) >= 11 is 0. The molecule has 0 saturated carbocycles. The summed E-state index contributed by atoms with van der Waals surface area (Å²) in [6.45, 7) is 6.43. The van der Waals surface area contributed by atoms with Crippen LogP contribution < -0.4 is 10.1 Å². The molecule has 0 spiro atoms. The number of rotatable bonds is 5. The molecule has 1 N–H and O–H groups in total. The van der Waals surface area contributed by atoms with Gasteiger partial charge in [0.2, 0.25) is 0 Å². The Hall–Kier alpha value is -1.02. The highest BCUT2D eigenvalue weighted by atomic mass is 16.5. The van der Waals surface area contributed by atoms with Crippen LogP contribution in [-0.4, -0.2) is 19.2 Å². The van der Waals surface area contributed by atoms with Crippen LogP contribution in [0.2, 0.25) is 0 Å². The first kappa shape index (κ1) is 13.4. The zero-order chi connectivity index (χ0) is 12.8. The average Bonchev–Trinajstić information content (AvgIpc) is 2.45. The van der Waals surface area contributed by atoms with E-state index in [1.54, 1.807) is 0 Å². The summed E-state index contributed by atoms with van der Waals surface area (Å²) in [5.41, 5.74) is 1.34. The Morgan fingerprint density at radius 1 is 1.33 bits per heavy atom. The maximum absolute atomic E-state index is 6.04. The zero-order valence-electron chi connectivity index (χ0n) is 11.6. The van der Waals surface area contributed by atoms with Crippen LogP contribution >= 0.6 is 0 Å². The minimum absolute atomic E-state index is 0.531. The number of para-hydroxylation sites is 1. The first-order valence-electron chi connectivity index (χ1n) is 7.26. The molecule has 1 aromatic carbocycles. The van der Waals surface area contributed by atoms with Crippen molar-refractivity contribution >= 4 is 0 Å². The topological polar surface area (TPSA) is 21.3 Å². The van der Waals surface area contributed by atoms with Gasteiger partial charge in [0.25, 0.3) is 0 Å². The Kier molecular flexibility index (Phi) is 5.06. The van der Waals surface area contributed by atoms with Crippen LogP contribution in [0.25, 0.3) is 0 Å². The van der Waals surface area contributed by atoms with E-state index in [0.29, 0.717) is 12.0 Å². The van der Waals surface area contributed by atoms with Gasteiger partial charge < -0.3 is 10.1 Å². The van der Waals surface area contributed by atoms with Gasteiger partial charge >= 0.3 is 0 Å². The van der Waals surface area contributed by atoms with E-state index >= 15 is 0 Å². The van der Waals surface area contributed by atoms with Crippen LogP contribution in [0.5, 0.6) is 5.75 Å². The van der Waals surface area contributed by atoms with E-state index in [-0.39, 0.29) is 0 Å². The van der Waals surface area contributed by atoms with E-state index in [4.69, 9.17) is 4.74 Å².